The molecule has 0 atom stereocenters. The molecule has 2 aromatic rings. The van der Waals surface area contributed by atoms with Gasteiger partial charge in [-0.1, -0.05) is 6.07 Å². The number of nitrogens with zero attached hydrogens (tertiary/aromatic N) is 1. The molecule has 0 fully saturated rings. The third-order valence-electron chi connectivity index (χ3n) is 1.61. The molecule has 13 heavy (non-hydrogen) atoms. The van der Waals surface area contributed by atoms with Gasteiger partial charge in [-0.25, -0.2) is 9.78 Å². The molecule has 0 saturated carbocycles. The molecule has 5 heteroatoms. The average Bonchev–Trinajstić information content (AvgIpc) is 2.51. The highest BCUT2D eigenvalue weighted by Crippen LogP contribution is 2.21. The number of benzene rings is 1. The van der Waals surface area contributed by atoms with E-state index in [1.54, 1.807) is 18.2 Å². The van der Waals surface area contributed by atoms with Gasteiger partial charge in [0.25, 0.3) is 0 Å². The first-order valence-corrected chi connectivity index (χ1v) is 3.60. The minimum Gasteiger partial charge on any atom is -0.449 e. The number of fused-ring (bicyclic) bond motifs is 1. The molecule has 2 N–H and O–H groups in total. The summed E-state index contributed by atoms with van der Waals surface area (Å²) < 4.78 is 4.52. The summed E-state index contributed by atoms with van der Waals surface area (Å²) >= 11 is 0. The average molecular weight is 178 g/mol. The first-order valence-electron chi connectivity index (χ1n) is 3.60. The van der Waals surface area contributed by atoms with Crippen molar-refractivity contribution in [2.45, 2.75) is 0 Å². The Bertz CT molecular complexity index is 449. The summed E-state index contributed by atoms with van der Waals surface area (Å²) in [5, 5.41) is 8.40. The zero-order valence-electron chi connectivity index (χ0n) is 6.52. The fraction of sp³-hybridized carbons (Fsp3) is 0. The number of imidazole rings is 1. The molecule has 1 aromatic heterocycles. The molecule has 1 aromatic carbocycles. The lowest BCUT2D eigenvalue weighted by atomic mass is 10.3. The molecule has 0 saturated heterocycles. The monoisotopic (exact) mass is 178 g/mol. The number of carboxylic acid groups (broad SMARTS) is 1. The smallest absolute Gasteiger partial charge is 0.449 e. The number of carbonyl (C=O) groups is 1. The van der Waals surface area contributed by atoms with Gasteiger partial charge in [-0.15, -0.1) is 0 Å². The van der Waals surface area contributed by atoms with Gasteiger partial charge < -0.3 is 14.8 Å². The van der Waals surface area contributed by atoms with Gasteiger partial charge in [0.15, 0.2) is 5.75 Å². The van der Waals surface area contributed by atoms with Crippen LogP contribution in [0.15, 0.2) is 24.5 Å². The van der Waals surface area contributed by atoms with Gasteiger partial charge >= 0.3 is 6.16 Å². The van der Waals surface area contributed by atoms with Gasteiger partial charge in [0, 0.05) is 0 Å². The maximum atomic E-state index is 10.3. The van der Waals surface area contributed by atoms with E-state index in [-0.39, 0.29) is 5.75 Å². The van der Waals surface area contributed by atoms with Gasteiger partial charge in [-0.3, -0.25) is 0 Å². The van der Waals surface area contributed by atoms with Gasteiger partial charge in [0.1, 0.15) is 5.52 Å². The Morgan fingerprint density at radius 3 is 3.15 bits per heavy atom. The van der Waals surface area contributed by atoms with Crippen LogP contribution < -0.4 is 4.74 Å². The van der Waals surface area contributed by atoms with Crippen LogP contribution in [0.1, 0.15) is 0 Å². The van der Waals surface area contributed by atoms with Crippen molar-refractivity contribution in [1.82, 2.24) is 9.97 Å². The minimum absolute atomic E-state index is 0.242. The van der Waals surface area contributed by atoms with Crippen LogP contribution in [-0.4, -0.2) is 21.2 Å². The summed E-state index contributed by atoms with van der Waals surface area (Å²) in [5.74, 6) is 0.242. The lowest BCUT2D eigenvalue weighted by Gasteiger charge is -1.98. The molecular weight excluding hydrogens is 172 g/mol. The highest BCUT2D eigenvalue weighted by atomic mass is 16.7. The zero-order chi connectivity index (χ0) is 9.26. The highest BCUT2D eigenvalue weighted by molar-refractivity contribution is 5.83. The Morgan fingerprint density at radius 2 is 2.38 bits per heavy atom. The van der Waals surface area contributed by atoms with Crippen LogP contribution in [0, 0.1) is 0 Å². The molecule has 0 unspecified atom stereocenters. The first-order chi connectivity index (χ1) is 6.27. The maximum absolute atomic E-state index is 10.3. The number of aromatic nitrogens is 2. The number of hydrogen-bond donors (Lipinski definition) is 2. The number of rotatable bonds is 1. The van der Waals surface area contributed by atoms with Crippen molar-refractivity contribution in [2.75, 3.05) is 0 Å². The molecule has 0 aliphatic carbocycles. The molecule has 0 aliphatic heterocycles. The minimum atomic E-state index is -1.34. The number of para-hydroxylation sites is 1. The maximum Gasteiger partial charge on any atom is 0.511 e. The van der Waals surface area contributed by atoms with Crippen LogP contribution >= 0.6 is 0 Å². The summed E-state index contributed by atoms with van der Waals surface area (Å²) in [6.07, 6.45) is 0.148. The summed E-state index contributed by atoms with van der Waals surface area (Å²) in [5.41, 5.74) is 1.27. The van der Waals surface area contributed by atoms with Crippen molar-refractivity contribution in [3.8, 4) is 5.75 Å². The van der Waals surface area contributed by atoms with Gasteiger partial charge in [-0.2, -0.15) is 0 Å². The van der Waals surface area contributed by atoms with Crippen LogP contribution in [-0.2, 0) is 0 Å². The Labute approximate surface area is 73.0 Å². The van der Waals surface area contributed by atoms with Gasteiger partial charge in [0.05, 0.1) is 11.8 Å². The Kier molecular flexibility index (Phi) is 1.63. The van der Waals surface area contributed by atoms with Crippen molar-refractivity contribution in [2.24, 2.45) is 0 Å². The molecule has 0 aliphatic rings. The summed E-state index contributed by atoms with van der Waals surface area (Å²) in [4.78, 5) is 17.1. The molecule has 0 spiro atoms. The van der Waals surface area contributed by atoms with Crippen LogP contribution in [0.5, 0.6) is 5.75 Å². The number of ether oxygens (including phenoxy) is 1. The van der Waals surface area contributed by atoms with E-state index in [9.17, 15) is 4.79 Å². The number of aromatic amines is 1. The van der Waals surface area contributed by atoms with Crippen molar-refractivity contribution in [3.05, 3.63) is 24.5 Å². The zero-order valence-corrected chi connectivity index (χ0v) is 6.52. The van der Waals surface area contributed by atoms with Crippen LogP contribution in [0.3, 0.4) is 0 Å². The normalized spacial score (nSPS) is 10.2. The van der Waals surface area contributed by atoms with Gasteiger partial charge in [-0.05, 0) is 12.1 Å². The lowest BCUT2D eigenvalue weighted by Crippen LogP contribution is -2.03. The number of nitrogens with one attached hydrogen (secondary N) is 1. The Balaban J connectivity index is 2.54. The Morgan fingerprint density at radius 1 is 1.54 bits per heavy atom. The van der Waals surface area contributed by atoms with Crippen LogP contribution in [0.2, 0.25) is 0 Å². The van der Waals surface area contributed by atoms with Crippen molar-refractivity contribution >= 4 is 17.2 Å². The second-order valence-corrected chi connectivity index (χ2v) is 2.42. The molecular formula is C8H6N2O3. The van der Waals surface area contributed by atoms with Crippen molar-refractivity contribution in [3.63, 3.8) is 0 Å². The molecule has 1 heterocycles. The topological polar surface area (TPSA) is 75.2 Å². The SMILES string of the molecule is O=C(O)Oc1cccc2[nH]cnc12. The van der Waals surface area contributed by atoms with E-state index < -0.39 is 6.16 Å². The summed E-state index contributed by atoms with van der Waals surface area (Å²) in [6.45, 7) is 0. The highest BCUT2D eigenvalue weighted by Gasteiger charge is 2.06. The van der Waals surface area contributed by atoms with E-state index in [1.165, 1.54) is 6.33 Å². The lowest BCUT2D eigenvalue weighted by molar-refractivity contribution is 0.145. The number of H-pyrrole nitrogens is 1. The predicted molar refractivity (Wildman–Crippen MR) is 44.7 cm³/mol. The fourth-order valence-electron chi connectivity index (χ4n) is 1.11. The van der Waals surface area contributed by atoms with E-state index in [2.05, 4.69) is 14.7 Å². The van der Waals surface area contributed by atoms with E-state index in [0.717, 1.165) is 5.52 Å². The molecule has 0 bridgehead atoms. The standard InChI is InChI=1S/C8H6N2O3/c11-8(12)13-6-3-1-2-5-7(6)10-4-9-5/h1-4H,(H,9,10)(H,11,12). The predicted octanol–water partition coefficient (Wildman–Crippen LogP) is 1.62. The fourth-order valence-corrected chi connectivity index (χ4v) is 1.11. The second kappa shape index (κ2) is 2.78. The second-order valence-electron chi connectivity index (χ2n) is 2.42. The van der Waals surface area contributed by atoms with Gasteiger partial charge in [0.2, 0.25) is 0 Å². The Hall–Kier alpha value is -2.04. The summed E-state index contributed by atoms with van der Waals surface area (Å²) in [6, 6.07) is 5.03. The first kappa shape index (κ1) is 7.60. The molecule has 0 radical (unpaired) electrons. The van der Waals surface area contributed by atoms with E-state index in [1.807, 2.05) is 0 Å². The quantitative estimate of drug-likeness (QED) is 0.514. The summed E-state index contributed by atoms with van der Waals surface area (Å²) in [7, 11) is 0. The van der Waals surface area contributed by atoms with Crippen molar-refractivity contribution in [1.29, 1.82) is 0 Å². The molecule has 5 nitrogen and oxygen atoms in total. The largest absolute Gasteiger partial charge is 0.511 e. The van der Waals surface area contributed by atoms with E-state index in [4.69, 9.17) is 5.11 Å². The third-order valence-corrected chi connectivity index (χ3v) is 1.61. The molecule has 66 valence electrons. The third kappa shape index (κ3) is 1.31. The number of hydrogen-bond acceptors (Lipinski definition) is 3. The molecule has 0 amide bonds. The van der Waals surface area contributed by atoms with E-state index in [0.29, 0.717) is 5.52 Å². The van der Waals surface area contributed by atoms with E-state index >= 15 is 0 Å². The van der Waals surface area contributed by atoms with Crippen LogP contribution in [0.4, 0.5) is 4.79 Å². The van der Waals surface area contributed by atoms with Crippen molar-refractivity contribution < 1.29 is 14.6 Å². The van der Waals surface area contributed by atoms with Crippen LogP contribution in [0.25, 0.3) is 11.0 Å². The molecule has 2 rings (SSSR count).